The van der Waals surface area contributed by atoms with Crippen molar-refractivity contribution < 1.29 is 14.3 Å². The van der Waals surface area contributed by atoms with Crippen molar-refractivity contribution in [1.82, 2.24) is 0 Å². The Bertz CT molecular complexity index is 644. The predicted octanol–water partition coefficient (Wildman–Crippen LogP) is 4.98. The van der Waals surface area contributed by atoms with E-state index in [1.54, 1.807) is 18.9 Å². The lowest BCUT2D eigenvalue weighted by atomic mass is 10.2. The summed E-state index contributed by atoms with van der Waals surface area (Å²) >= 11 is 3.17. The zero-order chi connectivity index (χ0) is 15.6. The summed E-state index contributed by atoms with van der Waals surface area (Å²) in [7, 11) is 1.65. The van der Waals surface area contributed by atoms with Crippen LogP contribution in [0.4, 0.5) is 0 Å². The first-order valence-corrected chi connectivity index (χ1v) is 8.60. The molecule has 2 aromatic rings. The molecule has 0 saturated heterocycles. The number of hydrogen-bond acceptors (Lipinski definition) is 5. The lowest BCUT2D eigenvalue weighted by molar-refractivity contribution is 0.0380. The topological polar surface area (TPSA) is 35.5 Å². The molecule has 114 valence electrons. The van der Waals surface area contributed by atoms with E-state index in [4.69, 9.17) is 9.47 Å². The maximum atomic E-state index is 12.3. The Labute approximate surface area is 133 Å². The first kappa shape index (κ1) is 16.2. The first-order valence-electron chi connectivity index (χ1n) is 6.90. The van der Waals surface area contributed by atoms with Crippen molar-refractivity contribution in [2.45, 2.75) is 43.9 Å². The molecule has 0 amide bonds. The van der Waals surface area contributed by atoms with Crippen molar-refractivity contribution in [3.63, 3.8) is 0 Å². The van der Waals surface area contributed by atoms with E-state index in [0.29, 0.717) is 10.1 Å². The van der Waals surface area contributed by atoms with Crippen molar-refractivity contribution in [2.24, 2.45) is 0 Å². The third kappa shape index (κ3) is 3.71. The lowest BCUT2D eigenvalue weighted by Crippen LogP contribution is -2.11. The normalized spacial score (nSPS) is 11.4. The minimum absolute atomic E-state index is 0.117. The maximum Gasteiger partial charge on any atom is 0.349 e. The van der Waals surface area contributed by atoms with E-state index in [1.165, 1.54) is 11.3 Å². The van der Waals surface area contributed by atoms with Crippen LogP contribution in [0, 0.1) is 0 Å². The Morgan fingerprint density at radius 2 is 1.95 bits per heavy atom. The van der Waals surface area contributed by atoms with Gasteiger partial charge in [0.25, 0.3) is 0 Å². The molecule has 5 heteroatoms. The Balaban J connectivity index is 2.55. The number of ether oxygens (including phenoxy) is 2. The zero-order valence-electron chi connectivity index (χ0n) is 12.9. The highest BCUT2D eigenvalue weighted by molar-refractivity contribution is 8.00. The van der Waals surface area contributed by atoms with Gasteiger partial charge in [-0.3, -0.25) is 0 Å². The van der Waals surface area contributed by atoms with Crippen LogP contribution in [0.1, 0.15) is 37.4 Å². The van der Waals surface area contributed by atoms with Crippen molar-refractivity contribution in [1.29, 1.82) is 0 Å². The average molecular weight is 324 g/mol. The number of fused-ring (bicyclic) bond motifs is 1. The van der Waals surface area contributed by atoms with Crippen LogP contribution in [0.3, 0.4) is 0 Å². The molecule has 1 heterocycles. The number of carbonyl (C=O) groups excluding carboxylic acids is 1. The number of thioether (sulfide) groups is 1. The molecule has 0 bridgehead atoms. The Morgan fingerprint density at radius 3 is 2.52 bits per heavy atom. The fourth-order valence-corrected chi connectivity index (χ4v) is 4.19. The van der Waals surface area contributed by atoms with Gasteiger partial charge in [-0.15, -0.1) is 23.1 Å². The molecule has 1 aromatic heterocycles. The Morgan fingerprint density at radius 1 is 1.24 bits per heavy atom. The molecule has 0 saturated carbocycles. The molecule has 0 N–H and O–H groups in total. The molecule has 0 aliphatic heterocycles. The van der Waals surface area contributed by atoms with Gasteiger partial charge in [0, 0.05) is 20.2 Å². The third-order valence-electron chi connectivity index (χ3n) is 2.73. The van der Waals surface area contributed by atoms with E-state index in [1.807, 2.05) is 32.0 Å². The minimum Gasteiger partial charge on any atom is -0.497 e. The van der Waals surface area contributed by atoms with Crippen molar-refractivity contribution in [2.75, 3.05) is 7.11 Å². The Kier molecular flexibility index (Phi) is 5.17. The van der Waals surface area contributed by atoms with Gasteiger partial charge >= 0.3 is 5.97 Å². The number of benzene rings is 1. The van der Waals surface area contributed by atoms with Crippen LogP contribution in [-0.2, 0) is 4.74 Å². The summed E-state index contributed by atoms with van der Waals surface area (Å²) in [6.45, 7) is 7.96. The van der Waals surface area contributed by atoms with Gasteiger partial charge in [0.05, 0.1) is 13.2 Å². The quantitative estimate of drug-likeness (QED) is 0.574. The largest absolute Gasteiger partial charge is 0.497 e. The number of thiophene rings is 1. The monoisotopic (exact) mass is 324 g/mol. The minimum atomic E-state index is -0.242. The molecule has 21 heavy (non-hydrogen) atoms. The van der Waals surface area contributed by atoms with E-state index < -0.39 is 0 Å². The van der Waals surface area contributed by atoms with E-state index in [2.05, 4.69) is 13.8 Å². The van der Waals surface area contributed by atoms with Crippen LogP contribution in [0.5, 0.6) is 5.75 Å². The van der Waals surface area contributed by atoms with Gasteiger partial charge < -0.3 is 9.47 Å². The molecule has 0 radical (unpaired) electrons. The average Bonchev–Trinajstić information content (AvgIpc) is 2.75. The van der Waals surface area contributed by atoms with Crippen molar-refractivity contribution in [3.05, 3.63) is 23.1 Å². The standard InChI is InChI=1S/C16H20O3S2/c1-9(2)19-16(17)15-14(20-10(3)4)12-8-11(18-5)6-7-13(12)21-15/h6-10H,1-5H3. The number of esters is 1. The number of hydrogen-bond donors (Lipinski definition) is 0. The fraction of sp³-hybridized carbons (Fsp3) is 0.438. The second-order valence-corrected chi connectivity index (χ2v) is 7.88. The second kappa shape index (κ2) is 6.71. The molecule has 1 aromatic carbocycles. The molecule has 0 aliphatic rings. The highest BCUT2D eigenvalue weighted by Gasteiger charge is 2.22. The first-order chi connectivity index (χ1) is 9.92. The summed E-state index contributed by atoms with van der Waals surface area (Å²) in [5.74, 6) is 0.558. The van der Waals surface area contributed by atoms with Crippen LogP contribution in [0.15, 0.2) is 23.1 Å². The summed E-state index contributed by atoms with van der Waals surface area (Å²) in [5, 5.41) is 1.45. The molecule has 3 nitrogen and oxygen atoms in total. The van der Waals surface area contributed by atoms with Gasteiger partial charge in [-0.2, -0.15) is 0 Å². The van der Waals surface area contributed by atoms with Crippen molar-refractivity contribution >= 4 is 39.2 Å². The van der Waals surface area contributed by atoms with Crippen molar-refractivity contribution in [3.8, 4) is 5.75 Å². The number of methoxy groups -OCH3 is 1. The van der Waals surface area contributed by atoms with E-state index >= 15 is 0 Å². The second-order valence-electron chi connectivity index (χ2n) is 5.24. The summed E-state index contributed by atoms with van der Waals surface area (Å²) in [6, 6.07) is 5.90. The molecular weight excluding hydrogens is 304 g/mol. The SMILES string of the molecule is COc1ccc2sc(C(=O)OC(C)C)c(SC(C)C)c2c1. The van der Waals surface area contributed by atoms with Gasteiger partial charge in [-0.25, -0.2) is 4.79 Å². The van der Waals surface area contributed by atoms with Gasteiger partial charge in [0.1, 0.15) is 10.6 Å². The zero-order valence-corrected chi connectivity index (χ0v) is 14.6. The highest BCUT2D eigenvalue weighted by Crippen LogP contribution is 2.41. The van der Waals surface area contributed by atoms with Crippen LogP contribution in [0.2, 0.25) is 0 Å². The molecule has 0 spiro atoms. The van der Waals surface area contributed by atoms with Gasteiger partial charge in [0.15, 0.2) is 0 Å². The van der Waals surface area contributed by atoms with Crippen LogP contribution in [-0.4, -0.2) is 24.4 Å². The molecule has 0 unspecified atom stereocenters. The van der Waals surface area contributed by atoms with E-state index in [9.17, 15) is 4.79 Å². The fourth-order valence-electron chi connectivity index (χ4n) is 1.94. The summed E-state index contributed by atoms with van der Waals surface area (Å²) < 4.78 is 11.7. The maximum absolute atomic E-state index is 12.3. The smallest absolute Gasteiger partial charge is 0.349 e. The molecule has 0 fully saturated rings. The molecular formula is C16H20O3S2. The molecule has 2 rings (SSSR count). The van der Waals surface area contributed by atoms with Gasteiger partial charge in [-0.1, -0.05) is 13.8 Å². The summed E-state index contributed by atoms with van der Waals surface area (Å²) in [6.07, 6.45) is -0.117. The van der Waals surface area contributed by atoms with E-state index in [0.717, 1.165) is 20.7 Å². The van der Waals surface area contributed by atoms with Gasteiger partial charge in [0.2, 0.25) is 0 Å². The molecule has 0 atom stereocenters. The Hall–Kier alpha value is -1.20. The predicted molar refractivity (Wildman–Crippen MR) is 89.9 cm³/mol. The number of carbonyl (C=O) groups is 1. The molecule has 0 aliphatic carbocycles. The highest BCUT2D eigenvalue weighted by atomic mass is 32.2. The lowest BCUT2D eigenvalue weighted by Gasteiger charge is -2.10. The third-order valence-corrected chi connectivity index (χ3v) is 5.14. The number of rotatable bonds is 5. The van der Waals surface area contributed by atoms with Crippen LogP contribution in [0.25, 0.3) is 10.1 Å². The van der Waals surface area contributed by atoms with Crippen LogP contribution < -0.4 is 4.74 Å². The van der Waals surface area contributed by atoms with Gasteiger partial charge in [-0.05, 0) is 32.0 Å². The summed E-state index contributed by atoms with van der Waals surface area (Å²) in [4.78, 5) is 14.0. The summed E-state index contributed by atoms with van der Waals surface area (Å²) in [5.41, 5.74) is 0. The van der Waals surface area contributed by atoms with E-state index in [-0.39, 0.29) is 12.1 Å². The van der Waals surface area contributed by atoms with Crippen LogP contribution >= 0.6 is 23.1 Å².